The molecular weight excluding hydrogens is 276 g/mol. The monoisotopic (exact) mass is 304 g/mol. The normalized spacial score (nSPS) is 19.8. The fraction of sp³-hybridized carbons (Fsp3) is 0.929. The number of rotatable bonds is 7. The van der Waals surface area contributed by atoms with Crippen LogP contribution in [-0.2, 0) is 14.6 Å². The van der Waals surface area contributed by atoms with Gasteiger partial charge in [-0.2, -0.15) is 0 Å². The Balaban J connectivity index is 2.67. The molecule has 0 spiro atoms. The number of carbonyl (C=O) groups excluding carboxylic acids is 1. The van der Waals surface area contributed by atoms with Crippen LogP contribution in [0, 0.1) is 5.41 Å². The van der Waals surface area contributed by atoms with Crippen LogP contribution in [0.25, 0.3) is 0 Å². The van der Waals surface area contributed by atoms with Crippen LogP contribution in [0.1, 0.15) is 52.4 Å². The van der Waals surface area contributed by atoms with Gasteiger partial charge in [0.2, 0.25) is 5.91 Å². The van der Waals surface area contributed by atoms with Gasteiger partial charge >= 0.3 is 0 Å². The second-order valence-corrected chi connectivity index (χ2v) is 8.19. The summed E-state index contributed by atoms with van der Waals surface area (Å²) in [5, 5.41) is 3.03. The van der Waals surface area contributed by atoms with Crippen molar-refractivity contribution in [3.63, 3.8) is 0 Å². The molecule has 3 N–H and O–H groups in total. The van der Waals surface area contributed by atoms with E-state index < -0.39 is 15.3 Å². The second-order valence-electron chi connectivity index (χ2n) is 5.88. The molecule has 6 heteroatoms. The number of nitrogens with one attached hydrogen (secondary N) is 1. The van der Waals surface area contributed by atoms with Crippen LogP contribution in [0.2, 0.25) is 0 Å². The zero-order valence-corrected chi connectivity index (χ0v) is 13.5. The number of hydrogen-bond donors (Lipinski definition) is 2. The summed E-state index contributed by atoms with van der Waals surface area (Å²) in [5.41, 5.74) is 5.39. The third-order valence-electron chi connectivity index (χ3n) is 4.22. The summed E-state index contributed by atoms with van der Waals surface area (Å²) in [5.74, 6) is 0.359. The van der Waals surface area contributed by atoms with Crippen molar-refractivity contribution in [1.82, 2.24) is 5.32 Å². The van der Waals surface area contributed by atoms with Crippen molar-refractivity contribution in [2.75, 3.05) is 18.1 Å². The van der Waals surface area contributed by atoms with Gasteiger partial charge in [0.05, 0.1) is 16.9 Å². The summed E-state index contributed by atoms with van der Waals surface area (Å²) >= 11 is 0. The minimum Gasteiger partial charge on any atom is -0.353 e. The van der Waals surface area contributed by atoms with E-state index in [0.717, 1.165) is 25.7 Å². The van der Waals surface area contributed by atoms with E-state index in [4.69, 9.17) is 5.73 Å². The molecule has 1 saturated heterocycles. The summed E-state index contributed by atoms with van der Waals surface area (Å²) in [6.07, 6.45) is 4.45. The Morgan fingerprint density at radius 3 is 2.10 bits per heavy atom. The minimum atomic E-state index is -2.89. The van der Waals surface area contributed by atoms with Crippen LogP contribution in [0.15, 0.2) is 0 Å². The summed E-state index contributed by atoms with van der Waals surface area (Å²) in [6, 6.07) is -0.0225. The number of hydrogen-bond acceptors (Lipinski definition) is 4. The molecule has 1 rings (SSSR count). The minimum absolute atomic E-state index is 0.00741. The topological polar surface area (TPSA) is 89.3 Å². The third kappa shape index (κ3) is 4.45. The standard InChI is InChI=1S/C14H28N2O3S/c1-3-7-14(11-15,8-4-2)13(17)16-12-5-9-20(18,19)10-6-12/h12H,3-11,15H2,1-2H3,(H,16,17). The predicted molar refractivity (Wildman–Crippen MR) is 81.1 cm³/mol. The number of nitrogens with two attached hydrogens (primary N) is 1. The largest absolute Gasteiger partial charge is 0.353 e. The maximum absolute atomic E-state index is 12.6. The Labute approximate surface area is 122 Å². The summed E-state index contributed by atoms with van der Waals surface area (Å²) in [7, 11) is -2.89. The van der Waals surface area contributed by atoms with Gasteiger partial charge in [-0.25, -0.2) is 8.42 Å². The van der Waals surface area contributed by atoms with Gasteiger partial charge < -0.3 is 11.1 Å². The molecule has 5 nitrogen and oxygen atoms in total. The van der Waals surface area contributed by atoms with E-state index in [0.29, 0.717) is 19.4 Å². The molecule has 0 aliphatic carbocycles. The van der Waals surface area contributed by atoms with Crippen molar-refractivity contribution in [1.29, 1.82) is 0 Å². The van der Waals surface area contributed by atoms with Crippen LogP contribution in [0.4, 0.5) is 0 Å². The van der Waals surface area contributed by atoms with E-state index >= 15 is 0 Å². The molecule has 1 heterocycles. The molecule has 0 aromatic carbocycles. The van der Waals surface area contributed by atoms with E-state index in [9.17, 15) is 13.2 Å². The SMILES string of the molecule is CCCC(CN)(CCC)C(=O)NC1CCS(=O)(=O)CC1. The smallest absolute Gasteiger partial charge is 0.227 e. The zero-order valence-electron chi connectivity index (χ0n) is 12.7. The van der Waals surface area contributed by atoms with E-state index in [-0.39, 0.29) is 23.5 Å². The van der Waals surface area contributed by atoms with Crippen molar-refractivity contribution >= 4 is 15.7 Å². The number of carbonyl (C=O) groups is 1. The third-order valence-corrected chi connectivity index (χ3v) is 5.93. The molecule has 0 unspecified atom stereocenters. The maximum atomic E-state index is 12.6. The Hall–Kier alpha value is -0.620. The zero-order chi connectivity index (χ0) is 15.2. The van der Waals surface area contributed by atoms with Gasteiger partial charge in [0.15, 0.2) is 0 Å². The van der Waals surface area contributed by atoms with Crippen molar-refractivity contribution in [2.24, 2.45) is 11.1 Å². The van der Waals surface area contributed by atoms with E-state index in [1.54, 1.807) is 0 Å². The average molecular weight is 304 g/mol. The van der Waals surface area contributed by atoms with E-state index in [1.807, 2.05) is 0 Å². The van der Waals surface area contributed by atoms with Crippen LogP contribution >= 0.6 is 0 Å². The highest BCUT2D eigenvalue weighted by atomic mass is 32.2. The molecule has 1 amide bonds. The maximum Gasteiger partial charge on any atom is 0.227 e. The highest BCUT2D eigenvalue weighted by Crippen LogP contribution is 2.29. The Morgan fingerprint density at radius 2 is 1.70 bits per heavy atom. The molecule has 0 saturated carbocycles. The molecule has 1 aliphatic heterocycles. The fourth-order valence-corrected chi connectivity index (χ4v) is 4.47. The van der Waals surface area contributed by atoms with Gasteiger partial charge in [0.25, 0.3) is 0 Å². The van der Waals surface area contributed by atoms with Gasteiger partial charge in [-0.3, -0.25) is 4.79 Å². The van der Waals surface area contributed by atoms with Gasteiger partial charge in [0, 0.05) is 12.6 Å². The summed E-state index contributed by atoms with van der Waals surface area (Å²) in [6.45, 7) is 4.46. The number of amides is 1. The summed E-state index contributed by atoms with van der Waals surface area (Å²) < 4.78 is 22.8. The average Bonchev–Trinajstić information content (AvgIpc) is 2.40. The quantitative estimate of drug-likeness (QED) is 0.740. The van der Waals surface area contributed by atoms with Gasteiger partial charge in [-0.15, -0.1) is 0 Å². The predicted octanol–water partition coefficient (Wildman–Crippen LogP) is 1.23. The lowest BCUT2D eigenvalue weighted by molar-refractivity contribution is -0.132. The fourth-order valence-electron chi connectivity index (χ4n) is 2.98. The molecule has 0 aromatic heterocycles. The molecule has 1 fully saturated rings. The van der Waals surface area contributed by atoms with Crippen LogP contribution in [0.5, 0.6) is 0 Å². The van der Waals surface area contributed by atoms with E-state index in [2.05, 4.69) is 19.2 Å². The van der Waals surface area contributed by atoms with Gasteiger partial charge in [-0.05, 0) is 25.7 Å². The Bertz CT molecular complexity index is 400. The lowest BCUT2D eigenvalue weighted by atomic mass is 9.78. The van der Waals surface area contributed by atoms with Crippen molar-refractivity contribution in [3.8, 4) is 0 Å². The van der Waals surface area contributed by atoms with Gasteiger partial charge in [0.1, 0.15) is 9.84 Å². The first-order valence-corrected chi connectivity index (χ1v) is 9.42. The lowest BCUT2D eigenvalue weighted by Gasteiger charge is -2.33. The molecule has 1 aliphatic rings. The second kappa shape index (κ2) is 7.41. The Morgan fingerprint density at radius 1 is 1.20 bits per heavy atom. The van der Waals surface area contributed by atoms with Crippen molar-refractivity contribution in [3.05, 3.63) is 0 Å². The molecular formula is C14H28N2O3S. The molecule has 118 valence electrons. The van der Waals surface area contributed by atoms with Gasteiger partial charge in [-0.1, -0.05) is 26.7 Å². The lowest BCUT2D eigenvalue weighted by Crippen LogP contribution is -2.51. The van der Waals surface area contributed by atoms with Crippen LogP contribution in [-0.4, -0.2) is 38.4 Å². The van der Waals surface area contributed by atoms with E-state index in [1.165, 1.54) is 0 Å². The molecule has 0 atom stereocenters. The molecule has 20 heavy (non-hydrogen) atoms. The Kier molecular flexibility index (Phi) is 6.45. The highest BCUT2D eigenvalue weighted by molar-refractivity contribution is 7.91. The van der Waals surface area contributed by atoms with Crippen LogP contribution < -0.4 is 11.1 Å². The van der Waals surface area contributed by atoms with Crippen molar-refractivity contribution in [2.45, 2.75) is 58.4 Å². The molecule has 0 radical (unpaired) electrons. The first kappa shape index (κ1) is 17.4. The number of sulfone groups is 1. The van der Waals surface area contributed by atoms with Crippen molar-refractivity contribution < 1.29 is 13.2 Å². The molecule has 0 bridgehead atoms. The first-order chi connectivity index (χ1) is 9.39. The van der Waals surface area contributed by atoms with Crippen LogP contribution in [0.3, 0.4) is 0 Å². The molecule has 0 aromatic rings. The highest BCUT2D eigenvalue weighted by Gasteiger charge is 2.37. The first-order valence-electron chi connectivity index (χ1n) is 7.60. The summed E-state index contributed by atoms with van der Waals surface area (Å²) in [4.78, 5) is 12.6.